The SMILES string of the molecule is CN[C@@H](C)C(=O)N[C@@H](CC#CC#CC[C@H](NC(=O)[C@H](C)NC)C(=O)N1CCC[C@H]1CNC(=O)c1ccccc1)C(=O)N1CCC[C@H]1CNC(=O)c1ccccc1. The second-order valence-corrected chi connectivity index (χ2v) is 14.0. The Bertz CT molecular complexity index is 1670. The zero-order valence-electron chi connectivity index (χ0n) is 32.7. The molecule has 0 aromatic heterocycles. The fourth-order valence-electron chi connectivity index (χ4n) is 6.53. The third-order valence-corrected chi connectivity index (χ3v) is 10.1. The normalized spacial score (nSPS) is 18.1. The predicted octanol–water partition coefficient (Wildman–Crippen LogP) is 0.801. The Balaban J connectivity index is 1.42. The Labute approximate surface area is 329 Å². The van der Waals surface area contributed by atoms with Crippen LogP contribution in [0, 0.1) is 23.7 Å². The van der Waals surface area contributed by atoms with E-state index in [4.69, 9.17) is 0 Å². The van der Waals surface area contributed by atoms with Gasteiger partial charge in [0.15, 0.2) is 0 Å². The van der Waals surface area contributed by atoms with Crippen LogP contribution in [0.2, 0.25) is 0 Å². The zero-order chi connectivity index (χ0) is 40.5. The van der Waals surface area contributed by atoms with E-state index in [9.17, 15) is 28.8 Å². The highest BCUT2D eigenvalue weighted by molar-refractivity contribution is 5.95. The largest absolute Gasteiger partial charge is 0.350 e. The first-order chi connectivity index (χ1) is 27.0. The van der Waals surface area contributed by atoms with Gasteiger partial charge >= 0.3 is 0 Å². The van der Waals surface area contributed by atoms with Crippen molar-refractivity contribution in [2.75, 3.05) is 40.3 Å². The van der Waals surface area contributed by atoms with E-state index in [2.05, 4.69) is 55.6 Å². The summed E-state index contributed by atoms with van der Waals surface area (Å²) in [5.41, 5.74) is 1.06. The lowest BCUT2D eigenvalue weighted by Crippen LogP contribution is -2.54. The van der Waals surface area contributed by atoms with Crippen LogP contribution in [0.15, 0.2) is 60.7 Å². The lowest BCUT2D eigenvalue weighted by Gasteiger charge is -2.29. The first-order valence-electron chi connectivity index (χ1n) is 19.2. The van der Waals surface area contributed by atoms with Crippen LogP contribution in [0.5, 0.6) is 0 Å². The quantitative estimate of drug-likeness (QED) is 0.136. The fourth-order valence-corrected chi connectivity index (χ4v) is 6.53. The highest BCUT2D eigenvalue weighted by Crippen LogP contribution is 2.20. The van der Waals surface area contributed by atoms with Gasteiger partial charge in [-0.15, -0.1) is 0 Å². The lowest BCUT2D eigenvalue weighted by atomic mass is 10.1. The molecule has 2 fully saturated rings. The van der Waals surface area contributed by atoms with E-state index >= 15 is 0 Å². The van der Waals surface area contributed by atoms with Crippen LogP contribution in [0.4, 0.5) is 0 Å². The third kappa shape index (κ3) is 12.4. The lowest BCUT2D eigenvalue weighted by molar-refractivity contribution is -0.137. The van der Waals surface area contributed by atoms with Crippen LogP contribution in [-0.4, -0.2) is 122 Å². The van der Waals surface area contributed by atoms with Crippen LogP contribution < -0.4 is 31.9 Å². The first-order valence-corrected chi connectivity index (χ1v) is 19.2. The van der Waals surface area contributed by atoms with Crippen molar-refractivity contribution in [3.8, 4) is 23.7 Å². The summed E-state index contributed by atoms with van der Waals surface area (Å²) in [5, 5.41) is 17.2. The van der Waals surface area contributed by atoms with E-state index in [0.717, 1.165) is 12.8 Å². The predicted molar refractivity (Wildman–Crippen MR) is 213 cm³/mol. The molecule has 6 atom stereocenters. The van der Waals surface area contributed by atoms with E-state index in [1.165, 1.54) is 0 Å². The number of hydrogen-bond donors (Lipinski definition) is 6. The number of nitrogens with zero attached hydrogens (tertiary/aromatic N) is 2. The van der Waals surface area contributed by atoms with Crippen molar-refractivity contribution in [3.05, 3.63) is 71.8 Å². The molecular formula is C42H54N8O6. The van der Waals surface area contributed by atoms with Gasteiger partial charge in [0.05, 0.1) is 12.1 Å². The second-order valence-electron chi connectivity index (χ2n) is 14.0. The van der Waals surface area contributed by atoms with Crippen molar-refractivity contribution in [2.45, 2.75) is 88.6 Å². The Morgan fingerprint density at radius 1 is 0.625 bits per heavy atom. The van der Waals surface area contributed by atoms with E-state index in [1.807, 2.05) is 12.1 Å². The maximum atomic E-state index is 13.9. The maximum absolute atomic E-state index is 13.9. The summed E-state index contributed by atoms with van der Waals surface area (Å²) in [6, 6.07) is 14.2. The van der Waals surface area contributed by atoms with Crippen molar-refractivity contribution in [3.63, 3.8) is 0 Å². The maximum Gasteiger partial charge on any atom is 0.251 e. The zero-order valence-corrected chi connectivity index (χ0v) is 32.7. The number of nitrogens with one attached hydrogen (secondary N) is 6. The number of rotatable bonds is 16. The van der Waals surface area contributed by atoms with Crippen molar-refractivity contribution < 1.29 is 28.8 Å². The van der Waals surface area contributed by atoms with Gasteiger partial charge in [-0.05, 0) is 89.7 Å². The summed E-state index contributed by atoms with van der Waals surface area (Å²) in [6.07, 6.45) is 2.89. The van der Waals surface area contributed by atoms with Crippen LogP contribution >= 0.6 is 0 Å². The van der Waals surface area contributed by atoms with Gasteiger partial charge in [0.2, 0.25) is 23.6 Å². The Hall–Kier alpha value is -5.70. The molecule has 6 amide bonds. The molecule has 2 aromatic rings. The number of amides is 6. The van der Waals surface area contributed by atoms with E-state index in [-0.39, 0.29) is 73.5 Å². The van der Waals surface area contributed by atoms with Gasteiger partial charge in [-0.25, -0.2) is 0 Å². The average molecular weight is 767 g/mol. The molecule has 0 spiro atoms. The topological polar surface area (TPSA) is 181 Å². The molecular weight excluding hydrogens is 713 g/mol. The minimum atomic E-state index is -0.954. The van der Waals surface area contributed by atoms with E-state index in [1.54, 1.807) is 86.3 Å². The summed E-state index contributed by atoms with van der Waals surface area (Å²) in [4.78, 5) is 82.2. The monoisotopic (exact) mass is 766 g/mol. The van der Waals surface area contributed by atoms with E-state index < -0.39 is 24.2 Å². The number of likely N-dealkylation sites (N-methyl/N-ethyl adjacent to an activating group) is 2. The van der Waals surface area contributed by atoms with Gasteiger partial charge in [0, 0.05) is 62.2 Å². The van der Waals surface area contributed by atoms with Gasteiger partial charge in [0.1, 0.15) is 12.1 Å². The van der Waals surface area contributed by atoms with Crippen molar-refractivity contribution >= 4 is 35.4 Å². The molecule has 0 radical (unpaired) electrons. The number of hydrogen-bond acceptors (Lipinski definition) is 8. The molecule has 2 aromatic carbocycles. The highest BCUT2D eigenvalue weighted by Gasteiger charge is 2.35. The molecule has 14 nitrogen and oxygen atoms in total. The number of carbonyl (C=O) groups is 6. The number of benzene rings is 2. The number of carbonyl (C=O) groups excluding carboxylic acids is 6. The van der Waals surface area contributed by atoms with Gasteiger partial charge in [-0.2, -0.15) is 0 Å². The molecule has 0 aliphatic carbocycles. The first kappa shape index (κ1) is 43.0. The molecule has 2 saturated heterocycles. The summed E-state index contributed by atoms with van der Waals surface area (Å²) in [7, 11) is 3.30. The molecule has 0 bridgehead atoms. The Morgan fingerprint density at radius 3 is 1.36 bits per heavy atom. The van der Waals surface area contributed by atoms with Crippen molar-refractivity contribution in [2.24, 2.45) is 0 Å². The molecule has 2 heterocycles. The average Bonchev–Trinajstić information content (AvgIpc) is 3.91. The smallest absolute Gasteiger partial charge is 0.251 e. The van der Waals surface area contributed by atoms with Crippen LogP contribution in [0.3, 0.4) is 0 Å². The van der Waals surface area contributed by atoms with E-state index in [0.29, 0.717) is 37.1 Å². The summed E-state index contributed by atoms with van der Waals surface area (Å²) in [6.45, 7) is 4.88. The molecule has 2 aliphatic heterocycles. The highest BCUT2D eigenvalue weighted by atomic mass is 16.2. The molecule has 4 rings (SSSR count). The minimum absolute atomic E-state index is 0.0157. The molecule has 2 aliphatic rings. The summed E-state index contributed by atoms with van der Waals surface area (Å²) in [5.74, 6) is 9.54. The molecule has 56 heavy (non-hydrogen) atoms. The minimum Gasteiger partial charge on any atom is -0.350 e. The Morgan fingerprint density at radius 2 is 1.00 bits per heavy atom. The van der Waals surface area contributed by atoms with Gasteiger partial charge in [-0.3, -0.25) is 28.8 Å². The van der Waals surface area contributed by atoms with Crippen LogP contribution in [-0.2, 0) is 19.2 Å². The van der Waals surface area contributed by atoms with Crippen molar-refractivity contribution in [1.29, 1.82) is 0 Å². The molecule has 14 heteroatoms. The molecule has 0 unspecified atom stereocenters. The van der Waals surface area contributed by atoms with Gasteiger partial charge in [0.25, 0.3) is 11.8 Å². The van der Waals surface area contributed by atoms with Crippen LogP contribution in [0.1, 0.15) is 73.1 Å². The summed E-state index contributed by atoms with van der Waals surface area (Å²) >= 11 is 0. The summed E-state index contributed by atoms with van der Waals surface area (Å²) < 4.78 is 0. The van der Waals surface area contributed by atoms with Gasteiger partial charge in [-0.1, -0.05) is 48.2 Å². The van der Waals surface area contributed by atoms with Crippen LogP contribution in [0.25, 0.3) is 0 Å². The Kier molecular flexibility index (Phi) is 16.9. The molecule has 0 saturated carbocycles. The second kappa shape index (κ2) is 22.0. The number of likely N-dealkylation sites (tertiary alicyclic amines) is 2. The fraction of sp³-hybridized carbons (Fsp3) is 0.476. The molecule has 6 N–H and O–H groups in total. The standard InChI is InChI=1S/C42H54N8O6/c1-29(43-3)37(51)47-35(41(55)49-25-15-21-33(49)27-45-39(53)31-17-9-7-10-18-31)23-13-5-6-14-24-36(48-38(52)30(2)44-4)42(56)50-26-16-22-34(50)28-46-40(54)32-19-11-8-12-20-32/h7-12,17-20,29-30,33-36,43-44H,15-16,21-28H2,1-4H3,(H,45,53)(H,46,54)(H,47,51)(H,48,52)/t29-,30-,33-,34-,35-,36-/m0/s1. The van der Waals surface area contributed by atoms with Gasteiger partial charge < -0.3 is 41.7 Å². The molecule has 298 valence electrons. The van der Waals surface area contributed by atoms with Crippen molar-refractivity contribution in [1.82, 2.24) is 41.7 Å². The third-order valence-electron chi connectivity index (χ3n) is 10.1.